The fourth-order valence-corrected chi connectivity index (χ4v) is 2.78. The molecule has 1 aromatic heterocycles. The van der Waals surface area contributed by atoms with Gasteiger partial charge >= 0.3 is 0 Å². The zero-order chi connectivity index (χ0) is 13.6. The summed E-state index contributed by atoms with van der Waals surface area (Å²) in [4.78, 5) is 5.91. The quantitative estimate of drug-likeness (QED) is 0.790. The first-order valence-corrected chi connectivity index (χ1v) is 7.19. The van der Waals surface area contributed by atoms with Crippen LogP contribution in [0.2, 0.25) is 0 Å². The number of hydrogen-bond donors (Lipinski definition) is 1. The number of ether oxygens (including phenoxy) is 2. The average molecular weight is 272 g/mol. The second kappa shape index (κ2) is 7.19. The molecule has 1 rings (SSSR count). The van der Waals surface area contributed by atoms with Crippen LogP contribution in [-0.4, -0.2) is 25.2 Å². The minimum absolute atomic E-state index is 0.327. The van der Waals surface area contributed by atoms with Crippen LogP contribution in [0.25, 0.3) is 0 Å². The third kappa shape index (κ3) is 4.02. The highest BCUT2D eigenvalue weighted by molar-refractivity contribution is 7.11. The zero-order valence-corrected chi connectivity index (χ0v) is 12.8. The van der Waals surface area contributed by atoms with Gasteiger partial charge in [0.05, 0.1) is 12.3 Å². The molecule has 0 unspecified atom stereocenters. The fraction of sp³-hybridized carbons (Fsp3) is 0.769. The Kier molecular flexibility index (Phi) is 6.21. The molecular formula is C13H24N2O2S. The summed E-state index contributed by atoms with van der Waals surface area (Å²) in [5.74, 6) is 0. The van der Waals surface area contributed by atoms with E-state index >= 15 is 0 Å². The van der Waals surface area contributed by atoms with Crippen LogP contribution >= 0.6 is 11.3 Å². The molecule has 1 aromatic rings. The Bertz CT molecular complexity index is 364. The summed E-state index contributed by atoms with van der Waals surface area (Å²) in [6.07, 6.45) is 0. The molecule has 0 aliphatic rings. The fourth-order valence-electron chi connectivity index (χ4n) is 1.69. The second-order valence-electron chi connectivity index (χ2n) is 4.55. The molecule has 0 aliphatic carbocycles. The molecule has 0 spiro atoms. The molecule has 0 fully saturated rings. The highest BCUT2D eigenvalue weighted by Gasteiger charge is 2.26. The molecule has 0 radical (unpaired) electrons. The first-order valence-electron chi connectivity index (χ1n) is 6.37. The number of rotatable bonds is 8. The van der Waals surface area contributed by atoms with E-state index in [2.05, 4.69) is 31.1 Å². The van der Waals surface area contributed by atoms with E-state index in [0.717, 1.165) is 23.8 Å². The molecule has 1 heterocycles. The van der Waals surface area contributed by atoms with E-state index in [-0.39, 0.29) is 5.60 Å². The van der Waals surface area contributed by atoms with Crippen molar-refractivity contribution in [1.29, 1.82) is 0 Å². The maximum atomic E-state index is 5.75. The summed E-state index contributed by atoms with van der Waals surface area (Å²) in [6.45, 7) is 11.3. The van der Waals surface area contributed by atoms with Crippen LogP contribution in [0.4, 0.5) is 0 Å². The van der Waals surface area contributed by atoms with E-state index in [9.17, 15) is 0 Å². The average Bonchev–Trinajstić information content (AvgIpc) is 2.71. The highest BCUT2D eigenvalue weighted by Crippen LogP contribution is 2.31. The van der Waals surface area contributed by atoms with Crippen molar-refractivity contribution in [3.8, 4) is 0 Å². The van der Waals surface area contributed by atoms with Gasteiger partial charge in [0, 0.05) is 25.1 Å². The summed E-state index contributed by atoms with van der Waals surface area (Å²) >= 11 is 1.71. The van der Waals surface area contributed by atoms with Crippen molar-refractivity contribution in [3.63, 3.8) is 0 Å². The minimum Gasteiger partial charge on any atom is -0.378 e. The van der Waals surface area contributed by atoms with Crippen LogP contribution in [0.15, 0.2) is 0 Å². The third-order valence-corrected chi connectivity index (χ3v) is 4.02. The van der Waals surface area contributed by atoms with Crippen LogP contribution in [0, 0.1) is 0 Å². The smallest absolute Gasteiger partial charge is 0.125 e. The first kappa shape index (κ1) is 15.6. The van der Waals surface area contributed by atoms with Crippen LogP contribution < -0.4 is 5.32 Å². The lowest BCUT2D eigenvalue weighted by Gasteiger charge is -2.21. The zero-order valence-electron chi connectivity index (χ0n) is 12.0. The van der Waals surface area contributed by atoms with Crippen molar-refractivity contribution in [2.24, 2.45) is 0 Å². The molecule has 4 nitrogen and oxygen atoms in total. The number of methoxy groups -OCH3 is 1. The normalized spacial score (nSPS) is 12.1. The van der Waals surface area contributed by atoms with Crippen LogP contribution in [0.5, 0.6) is 0 Å². The second-order valence-corrected chi connectivity index (χ2v) is 5.63. The van der Waals surface area contributed by atoms with Crippen LogP contribution in [0.3, 0.4) is 0 Å². The maximum absolute atomic E-state index is 5.75. The molecule has 18 heavy (non-hydrogen) atoms. The van der Waals surface area contributed by atoms with Gasteiger partial charge in [0.15, 0.2) is 0 Å². The number of thiazole rings is 1. The first-order chi connectivity index (χ1) is 8.55. The van der Waals surface area contributed by atoms with Gasteiger partial charge in [-0.15, -0.1) is 11.3 Å². The van der Waals surface area contributed by atoms with E-state index < -0.39 is 0 Å². The lowest BCUT2D eigenvalue weighted by Crippen LogP contribution is -2.21. The van der Waals surface area contributed by atoms with Gasteiger partial charge < -0.3 is 14.8 Å². The molecule has 0 saturated carbocycles. The van der Waals surface area contributed by atoms with Crippen molar-refractivity contribution in [2.75, 3.05) is 20.3 Å². The van der Waals surface area contributed by atoms with Gasteiger partial charge in [-0.1, -0.05) is 6.92 Å². The summed E-state index contributed by atoms with van der Waals surface area (Å²) < 4.78 is 11.0. The highest BCUT2D eigenvalue weighted by atomic mass is 32.1. The van der Waals surface area contributed by atoms with E-state index in [1.807, 2.05) is 6.92 Å². The van der Waals surface area contributed by atoms with Gasteiger partial charge in [-0.05, 0) is 27.3 Å². The largest absolute Gasteiger partial charge is 0.378 e. The van der Waals surface area contributed by atoms with Gasteiger partial charge in [0.2, 0.25) is 0 Å². The van der Waals surface area contributed by atoms with Gasteiger partial charge in [-0.2, -0.15) is 0 Å². The monoisotopic (exact) mass is 272 g/mol. The van der Waals surface area contributed by atoms with Gasteiger partial charge in [-0.25, -0.2) is 4.98 Å². The summed E-state index contributed by atoms with van der Waals surface area (Å²) in [5, 5.41) is 4.35. The topological polar surface area (TPSA) is 43.4 Å². The Balaban J connectivity index is 2.93. The van der Waals surface area contributed by atoms with Crippen molar-refractivity contribution >= 4 is 11.3 Å². The predicted molar refractivity (Wildman–Crippen MR) is 74.9 cm³/mol. The Labute approximate surface area is 114 Å². The molecule has 0 aromatic carbocycles. The summed E-state index contributed by atoms with van der Waals surface area (Å²) in [5.41, 5.74) is 0.693. The Morgan fingerprint density at radius 3 is 2.61 bits per heavy atom. The number of aromatic nitrogens is 1. The van der Waals surface area contributed by atoms with Crippen molar-refractivity contribution < 1.29 is 9.47 Å². The molecule has 0 amide bonds. The molecule has 104 valence electrons. The summed E-state index contributed by atoms with van der Waals surface area (Å²) in [6, 6.07) is 0. The van der Waals surface area contributed by atoms with E-state index in [1.165, 1.54) is 4.88 Å². The number of nitrogens with zero attached hydrogens (tertiary/aromatic N) is 1. The molecule has 0 aliphatic heterocycles. The minimum atomic E-state index is -0.327. The Morgan fingerprint density at radius 2 is 2.06 bits per heavy atom. The van der Waals surface area contributed by atoms with Crippen molar-refractivity contribution in [1.82, 2.24) is 10.3 Å². The predicted octanol–water partition coefficient (Wildman–Crippen LogP) is 2.67. The lowest BCUT2D eigenvalue weighted by molar-refractivity contribution is -0.0143. The van der Waals surface area contributed by atoms with E-state index in [4.69, 9.17) is 9.47 Å². The Morgan fingerprint density at radius 1 is 1.33 bits per heavy atom. The molecule has 0 bridgehead atoms. The van der Waals surface area contributed by atoms with Crippen LogP contribution in [0.1, 0.15) is 43.3 Å². The third-order valence-electron chi connectivity index (χ3n) is 2.62. The van der Waals surface area contributed by atoms with Crippen molar-refractivity contribution in [3.05, 3.63) is 15.6 Å². The molecule has 0 saturated heterocycles. The standard InChI is InChI=1S/C13H24N2O2S/c1-6-14-8-11-10(9-16-5)15-12(18-11)13(3,4)17-7-2/h14H,6-9H2,1-5H3. The van der Waals surface area contributed by atoms with Gasteiger partial charge in [0.1, 0.15) is 10.6 Å². The summed E-state index contributed by atoms with van der Waals surface area (Å²) in [7, 11) is 1.70. The lowest BCUT2D eigenvalue weighted by atomic mass is 10.1. The SMILES string of the molecule is CCNCc1sc(C(C)(C)OCC)nc1COC. The maximum Gasteiger partial charge on any atom is 0.125 e. The number of hydrogen-bond acceptors (Lipinski definition) is 5. The van der Waals surface area contributed by atoms with Crippen LogP contribution in [-0.2, 0) is 28.2 Å². The number of nitrogens with one attached hydrogen (secondary N) is 1. The Hall–Kier alpha value is -0.490. The molecule has 1 N–H and O–H groups in total. The van der Waals surface area contributed by atoms with Crippen molar-refractivity contribution in [2.45, 2.75) is 46.4 Å². The van der Waals surface area contributed by atoms with E-state index in [1.54, 1.807) is 18.4 Å². The molecule has 0 atom stereocenters. The van der Waals surface area contributed by atoms with Gasteiger partial charge in [-0.3, -0.25) is 0 Å². The molecule has 5 heteroatoms. The molecular weight excluding hydrogens is 248 g/mol. The van der Waals surface area contributed by atoms with Gasteiger partial charge in [0.25, 0.3) is 0 Å². The van der Waals surface area contributed by atoms with E-state index in [0.29, 0.717) is 13.2 Å².